The Morgan fingerprint density at radius 1 is 0.870 bits per heavy atom. The van der Waals surface area contributed by atoms with Crippen LogP contribution in [0.5, 0.6) is 0 Å². The van der Waals surface area contributed by atoms with E-state index in [1.54, 1.807) is 0 Å². The summed E-state index contributed by atoms with van der Waals surface area (Å²) in [6.07, 6.45) is 8.69. The van der Waals surface area contributed by atoms with E-state index in [9.17, 15) is 0 Å². The van der Waals surface area contributed by atoms with E-state index in [1.807, 2.05) is 0 Å². The minimum Gasteiger partial charge on any atom is -0.603 e. The maximum Gasteiger partial charge on any atom is 1.00 e. The third-order valence-corrected chi connectivity index (χ3v) is 4.96. The molecule has 1 aliphatic carbocycles. The molecule has 0 N–H and O–H groups in total. The van der Waals surface area contributed by atoms with Gasteiger partial charge in [-0.3, -0.25) is 13.1 Å². The van der Waals surface area contributed by atoms with E-state index in [1.165, 1.54) is 45.1 Å². The molecule has 2 fully saturated rings. The fourth-order valence-electron chi connectivity index (χ4n) is 3.55. The first-order valence-corrected chi connectivity index (χ1v) is 8.35. The van der Waals surface area contributed by atoms with Crippen LogP contribution in [0.4, 0.5) is 0 Å². The van der Waals surface area contributed by atoms with Crippen LogP contribution in [0.2, 0.25) is 0 Å². The Bertz CT molecular complexity index is 251. The maximum absolute atomic E-state index is 2.51. The average molecular weight is 606 g/mol. The summed E-state index contributed by atoms with van der Waals surface area (Å²) in [5.74, 6) is 1.97. The molecule has 1 saturated carbocycles. The molecule has 0 atom stereocenters. The number of hydrogen-bond acceptors (Lipinski definition) is 2. The molecule has 0 amide bonds. The summed E-state index contributed by atoms with van der Waals surface area (Å²) < 4.78 is 0. The molecule has 0 aromatic carbocycles. The van der Waals surface area contributed by atoms with Gasteiger partial charge in [0.2, 0.25) is 0 Å². The van der Waals surface area contributed by atoms with Crippen molar-refractivity contribution in [3.63, 3.8) is 0 Å². The molecule has 2 aliphatic rings. The molecule has 0 aromatic heterocycles. The van der Waals surface area contributed by atoms with E-state index in [0.717, 1.165) is 24.9 Å². The van der Waals surface area contributed by atoms with E-state index in [-0.39, 0.29) is 233 Å². The molecule has 112 valence electrons. The zero-order chi connectivity index (χ0) is 13.7. The van der Waals surface area contributed by atoms with Crippen LogP contribution in [0.25, 0.3) is 0 Å². The number of nitrogens with zero attached hydrogens (tertiary/aromatic N) is 2. The van der Waals surface area contributed by atoms with E-state index < -0.39 is 0 Å². The van der Waals surface area contributed by atoms with Gasteiger partial charge in [0.15, 0.2) is 0 Å². The van der Waals surface area contributed by atoms with Crippen LogP contribution in [0.3, 0.4) is 0 Å². The van der Waals surface area contributed by atoms with Crippen LogP contribution in [0.15, 0.2) is 0 Å². The first-order valence-electron chi connectivity index (χ1n) is 8.35. The molecule has 6 heteroatoms. The van der Waals surface area contributed by atoms with Gasteiger partial charge in [-0.05, 0) is 30.7 Å². The molecular weight excluding hydrogens is 574 g/mol. The van der Waals surface area contributed by atoms with Gasteiger partial charge in [-0.2, -0.15) is 0 Å². The molecule has 1 aliphatic heterocycles. The third-order valence-electron chi connectivity index (χ3n) is 4.96. The van der Waals surface area contributed by atoms with Crippen molar-refractivity contribution in [1.82, 2.24) is 9.80 Å². The number of hydrogen-bond donors (Lipinski definition) is 0. The van der Waals surface area contributed by atoms with Gasteiger partial charge >= 0.3 is 233 Å². The van der Waals surface area contributed by atoms with Crippen LogP contribution in [-0.4, -0.2) is 35.5 Å². The normalized spacial score (nSPS) is 25.6. The smallest absolute Gasteiger partial charge is 0.603 e. The Hall–Kier alpha value is 7.14. The van der Waals surface area contributed by atoms with E-state index in [2.05, 4.69) is 43.7 Å². The van der Waals surface area contributed by atoms with E-state index in [0.29, 0.717) is 6.04 Å². The molecule has 2 nitrogen and oxygen atoms in total. The molecule has 0 aromatic rings. The summed E-state index contributed by atoms with van der Waals surface area (Å²) in [6.45, 7) is 15.2. The molecule has 0 bridgehead atoms. The quantitative estimate of drug-likeness (QED) is 0.288. The van der Waals surface area contributed by atoms with Crippen molar-refractivity contribution in [2.24, 2.45) is 11.8 Å². The maximum atomic E-state index is 2.51. The van der Waals surface area contributed by atoms with Crippen molar-refractivity contribution in [2.75, 3.05) is 19.6 Å². The van der Waals surface area contributed by atoms with E-state index >= 15 is 0 Å². The Morgan fingerprint density at radius 3 is 1.78 bits per heavy atom. The predicted molar refractivity (Wildman–Crippen MR) is 82.4 cm³/mol. The monoisotopic (exact) mass is 604 g/mol. The summed E-state index contributed by atoms with van der Waals surface area (Å²) in [6, 6.07) is 0.666. The zero-order valence-corrected chi connectivity index (χ0v) is 36.8. The SMILES string of the molecule is CCCC1CCC(CN2[CH-]CN(C(C)C)C[CH-]2)CC1.[Rb+].[Rb+].[Rb+].[Rb+]. The van der Waals surface area contributed by atoms with Crippen molar-refractivity contribution in [1.29, 1.82) is 0 Å². The van der Waals surface area contributed by atoms with Crippen LogP contribution in [0.1, 0.15) is 59.3 Å². The summed E-state index contributed by atoms with van der Waals surface area (Å²) in [7, 11) is 0. The zero-order valence-electron chi connectivity index (χ0n) is 17.1. The summed E-state index contributed by atoms with van der Waals surface area (Å²) in [5.41, 5.74) is 0. The van der Waals surface area contributed by atoms with Crippen molar-refractivity contribution in [2.45, 2.75) is 65.3 Å². The van der Waals surface area contributed by atoms with Crippen molar-refractivity contribution < 1.29 is 233 Å². The Morgan fingerprint density at radius 2 is 1.35 bits per heavy atom. The van der Waals surface area contributed by atoms with Crippen LogP contribution >= 0.6 is 0 Å². The average Bonchev–Trinajstić information content (AvgIpc) is 2.42. The van der Waals surface area contributed by atoms with Gasteiger partial charge in [0.25, 0.3) is 0 Å². The second kappa shape index (κ2) is 21.0. The van der Waals surface area contributed by atoms with Gasteiger partial charge < -0.3 is 9.80 Å². The Labute approximate surface area is 341 Å². The molecule has 1 heterocycles. The van der Waals surface area contributed by atoms with Gasteiger partial charge in [0, 0.05) is 0 Å². The second-order valence-electron chi connectivity index (χ2n) is 6.79. The minimum absolute atomic E-state index is 0. The standard InChI is InChI=1S/C17H32N2.4Rb/c1-4-5-16-6-8-17(9-7-16)14-18-10-12-19(13-11-18)15(2)3;;;;/h10-11,15-17H,4-9,12-14H2,1-3H3;;;;/q-2;4*+1. The molecule has 0 radical (unpaired) electrons. The summed E-state index contributed by atoms with van der Waals surface area (Å²) in [4.78, 5) is 4.98. The molecule has 0 unspecified atom stereocenters. The summed E-state index contributed by atoms with van der Waals surface area (Å²) in [5, 5.41) is 0. The predicted octanol–water partition coefficient (Wildman–Crippen LogP) is -8.04. The molecule has 0 spiro atoms. The largest absolute Gasteiger partial charge is 1.00 e. The minimum atomic E-state index is 0. The number of rotatable bonds is 5. The first-order chi connectivity index (χ1) is 9.19. The molecular formula is C17H32N2Rb4+2. The molecule has 2 rings (SSSR count). The Balaban J connectivity index is -0.000001000. The second-order valence-corrected chi connectivity index (χ2v) is 6.79. The van der Waals surface area contributed by atoms with Gasteiger partial charge in [-0.15, -0.1) is 13.1 Å². The van der Waals surface area contributed by atoms with E-state index in [4.69, 9.17) is 0 Å². The Kier molecular flexibility index (Phi) is 31.7. The van der Waals surface area contributed by atoms with Gasteiger partial charge in [-0.1, -0.05) is 53.0 Å². The summed E-state index contributed by atoms with van der Waals surface area (Å²) >= 11 is 0. The molecule has 1 saturated heterocycles. The van der Waals surface area contributed by atoms with Crippen LogP contribution in [0, 0.1) is 24.9 Å². The van der Waals surface area contributed by atoms with Crippen molar-refractivity contribution in [3.8, 4) is 0 Å². The van der Waals surface area contributed by atoms with Crippen molar-refractivity contribution in [3.05, 3.63) is 13.1 Å². The van der Waals surface area contributed by atoms with Crippen LogP contribution < -0.4 is 233 Å². The fourth-order valence-corrected chi connectivity index (χ4v) is 3.55. The van der Waals surface area contributed by atoms with Gasteiger partial charge in [0.1, 0.15) is 0 Å². The topological polar surface area (TPSA) is 6.48 Å². The van der Waals surface area contributed by atoms with Crippen molar-refractivity contribution >= 4 is 0 Å². The van der Waals surface area contributed by atoms with Gasteiger partial charge in [-0.25, -0.2) is 0 Å². The molecule has 23 heavy (non-hydrogen) atoms. The van der Waals surface area contributed by atoms with Gasteiger partial charge in [0.05, 0.1) is 0 Å². The van der Waals surface area contributed by atoms with Crippen LogP contribution in [-0.2, 0) is 0 Å². The fraction of sp³-hybridized carbons (Fsp3) is 0.882. The number of piperazine rings is 1. The third kappa shape index (κ3) is 14.8. The first kappa shape index (κ1) is 34.7.